The van der Waals surface area contributed by atoms with Crippen molar-refractivity contribution < 1.29 is 26.4 Å². The van der Waals surface area contributed by atoms with Crippen molar-refractivity contribution in [3.8, 4) is 11.1 Å². The molecule has 0 aliphatic rings. The smallest absolute Gasteiger partial charge is 0.436 e. The zero-order valence-electron chi connectivity index (χ0n) is 16.5. The number of sulfonamides is 1. The Kier molecular flexibility index (Phi) is 6.04. The van der Waals surface area contributed by atoms with Gasteiger partial charge in [-0.3, -0.25) is 9.52 Å². The number of rotatable bonds is 6. The van der Waals surface area contributed by atoms with E-state index in [1.165, 1.54) is 43.3 Å². The van der Waals surface area contributed by atoms with Crippen molar-refractivity contribution in [2.75, 3.05) is 17.6 Å². The number of nitrogens with one attached hydrogen (secondary N) is 1. The molecule has 1 aromatic heterocycles. The van der Waals surface area contributed by atoms with Gasteiger partial charge >= 0.3 is 6.09 Å². The molecule has 1 heterocycles. The molecule has 0 unspecified atom stereocenters. The van der Waals surface area contributed by atoms with E-state index >= 15 is 0 Å². The number of anilines is 1. The highest BCUT2D eigenvalue weighted by Gasteiger charge is 2.34. The van der Waals surface area contributed by atoms with Gasteiger partial charge in [-0.1, -0.05) is 48.5 Å². The van der Waals surface area contributed by atoms with Crippen molar-refractivity contribution in [2.45, 2.75) is 11.8 Å². The second-order valence-electron chi connectivity index (χ2n) is 6.34. The molecule has 10 nitrogen and oxygen atoms in total. The highest BCUT2D eigenvalue weighted by Crippen LogP contribution is 2.28. The molecule has 0 bridgehead atoms. The number of nitrogens with zero attached hydrogens (tertiary/aromatic N) is 2. The molecule has 12 heteroatoms. The third kappa shape index (κ3) is 4.39. The van der Waals surface area contributed by atoms with Crippen LogP contribution in [0.25, 0.3) is 11.1 Å². The lowest BCUT2D eigenvalue weighted by molar-refractivity contribution is 0.149. The molecule has 0 aliphatic heterocycles. The van der Waals surface area contributed by atoms with Gasteiger partial charge in [0, 0.05) is 0 Å². The van der Waals surface area contributed by atoms with Crippen LogP contribution in [0.5, 0.6) is 0 Å². The first-order valence-electron chi connectivity index (χ1n) is 8.97. The quantitative estimate of drug-likeness (QED) is 0.588. The maximum atomic E-state index is 13.3. The highest BCUT2D eigenvalue weighted by atomic mass is 32.2. The summed E-state index contributed by atoms with van der Waals surface area (Å²) < 4.78 is 58.3. The summed E-state index contributed by atoms with van der Waals surface area (Å²) in [6, 6.07) is 14.8. The van der Waals surface area contributed by atoms with E-state index in [0.29, 0.717) is 4.68 Å². The first-order valence-corrected chi connectivity index (χ1v) is 12.3. The van der Waals surface area contributed by atoms with Gasteiger partial charge < -0.3 is 4.74 Å². The predicted octanol–water partition coefficient (Wildman–Crippen LogP) is 1.93. The molecule has 0 radical (unpaired) electrons. The van der Waals surface area contributed by atoms with Gasteiger partial charge in [0.1, 0.15) is 0 Å². The monoisotopic (exact) mass is 465 g/mol. The minimum Gasteiger partial charge on any atom is -0.448 e. The van der Waals surface area contributed by atoms with Crippen LogP contribution in [-0.4, -0.2) is 44.6 Å². The Bertz CT molecular complexity index is 1380. The van der Waals surface area contributed by atoms with Gasteiger partial charge in [-0.05, 0) is 24.6 Å². The summed E-state index contributed by atoms with van der Waals surface area (Å²) in [6.07, 6.45) is -0.433. The number of benzene rings is 2. The average Bonchev–Trinajstić information content (AvgIpc) is 3.00. The van der Waals surface area contributed by atoms with Crippen molar-refractivity contribution in [1.82, 2.24) is 8.77 Å². The summed E-state index contributed by atoms with van der Waals surface area (Å²) >= 11 is 0. The zero-order valence-corrected chi connectivity index (χ0v) is 18.2. The van der Waals surface area contributed by atoms with Gasteiger partial charge in [0.2, 0.25) is 10.0 Å². The Labute approximate surface area is 178 Å². The second-order valence-corrected chi connectivity index (χ2v) is 9.86. The van der Waals surface area contributed by atoms with Gasteiger partial charge in [0.25, 0.3) is 15.6 Å². The third-order valence-electron chi connectivity index (χ3n) is 4.07. The molecule has 0 atom stereocenters. The highest BCUT2D eigenvalue weighted by molar-refractivity contribution is 7.92. The molecule has 0 saturated carbocycles. The summed E-state index contributed by atoms with van der Waals surface area (Å²) in [5.41, 5.74) is -1.23. The summed E-state index contributed by atoms with van der Waals surface area (Å²) in [5.74, 6) is -0.545. The molecule has 0 fully saturated rings. The summed E-state index contributed by atoms with van der Waals surface area (Å²) in [5, 5.41) is 0. The van der Waals surface area contributed by atoms with Gasteiger partial charge in [-0.25, -0.2) is 13.2 Å². The number of ether oxygens (including phenoxy) is 1. The molecule has 3 aromatic rings. The van der Waals surface area contributed by atoms with E-state index in [2.05, 4.69) is 4.72 Å². The van der Waals surface area contributed by atoms with Gasteiger partial charge in [-0.2, -0.15) is 13.1 Å². The topological polar surface area (TPSA) is 134 Å². The van der Waals surface area contributed by atoms with Gasteiger partial charge in [-0.15, -0.1) is 4.09 Å². The van der Waals surface area contributed by atoms with Crippen molar-refractivity contribution in [3.05, 3.63) is 71.0 Å². The fourth-order valence-electron chi connectivity index (χ4n) is 2.88. The molecule has 164 valence electrons. The van der Waals surface area contributed by atoms with E-state index < -0.39 is 37.5 Å². The Morgan fingerprint density at radius 2 is 1.52 bits per heavy atom. The molecule has 0 amide bonds. The SMILES string of the molecule is CCOC(=O)n1c(NS(C)(=O)=O)c(-c2ccccc2)c(=O)n1S(=O)(=O)c1ccccc1. The van der Waals surface area contributed by atoms with Crippen LogP contribution in [0, 0.1) is 0 Å². The van der Waals surface area contributed by atoms with E-state index in [4.69, 9.17) is 4.74 Å². The fourth-order valence-corrected chi connectivity index (χ4v) is 4.79. The number of carbonyl (C=O) groups is 1. The van der Waals surface area contributed by atoms with Crippen LogP contribution in [-0.2, 0) is 24.8 Å². The van der Waals surface area contributed by atoms with E-state index in [0.717, 1.165) is 6.26 Å². The standard InChI is InChI=1S/C19H19N3O7S2/c1-3-29-19(24)21-17(20-30(2,25)26)16(14-10-6-4-7-11-14)18(23)22(21)31(27,28)15-12-8-5-9-13-15/h4-13,20H,3H2,1-2H3. The van der Waals surface area contributed by atoms with E-state index in [-0.39, 0.29) is 26.7 Å². The molecule has 0 saturated heterocycles. The molecule has 1 N–H and O–H groups in total. The average molecular weight is 466 g/mol. The van der Waals surface area contributed by atoms with Gasteiger partial charge in [0.15, 0.2) is 5.82 Å². The van der Waals surface area contributed by atoms with E-state index in [1.807, 2.05) is 0 Å². The van der Waals surface area contributed by atoms with Crippen LogP contribution in [0.1, 0.15) is 6.92 Å². The third-order valence-corrected chi connectivity index (χ3v) is 6.29. The number of hydrogen-bond donors (Lipinski definition) is 1. The maximum Gasteiger partial charge on any atom is 0.436 e. The largest absolute Gasteiger partial charge is 0.448 e. The van der Waals surface area contributed by atoms with Crippen molar-refractivity contribution in [2.24, 2.45) is 0 Å². The minimum absolute atomic E-state index is 0.143. The Hall–Kier alpha value is -3.38. The molecule has 3 rings (SSSR count). The number of hydrogen-bond acceptors (Lipinski definition) is 7. The second kappa shape index (κ2) is 8.40. The van der Waals surface area contributed by atoms with Crippen LogP contribution in [0.2, 0.25) is 0 Å². The van der Waals surface area contributed by atoms with Gasteiger partial charge in [0.05, 0.1) is 23.3 Å². The Morgan fingerprint density at radius 3 is 2.03 bits per heavy atom. The Morgan fingerprint density at radius 1 is 0.968 bits per heavy atom. The first kappa shape index (κ1) is 22.3. The summed E-state index contributed by atoms with van der Waals surface area (Å²) in [6.45, 7) is 1.34. The lowest BCUT2D eigenvalue weighted by Gasteiger charge is -2.14. The van der Waals surface area contributed by atoms with Crippen LogP contribution in [0.4, 0.5) is 10.6 Å². The van der Waals surface area contributed by atoms with E-state index in [9.17, 15) is 26.4 Å². The Balaban J connectivity index is 2.48. The van der Waals surface area contributed by atoms with Crippen LogP contribution in [0.15, 0.2) is 70.4 Å². The molecular formula is C19H19N3O7S2. The van der Waals surface area contributed by atoms with Crippen LogP contribution >= 0.6 is 0 Å². The zero-order chi connectivity index (χ0) is 22.8. The molecule has 2 aromatic carbocycles. The molecule has 0 spiro atoms. The van der Waals surface area contributed by atoms with Crippen molar-refractivity contribution >= 4 is 32.0 Å². The maximum absolute atomic E-state index is 13.3. The summed E-state index contributed by atoms with van der Waals surface area (Å²) in [4.78, 5) is 25.8. The van der Waals surface area contributed by atoms with Crippen molar-refractivity contribution in [1.29, 1.82) is 0 Å². The number of carbonyl (C=O) groups excluding carboxylic acids is 1. The summed E-state index contributed by atoms with van der Waals surface area (Å²) in [7, 11) is -8.62. The lowest BCUT2D eigenvalue weighted by Crippen LogP contribution is -2.34. The van der Waals surface area contributed by atoms with Crippen LogP contribution < -0.4 is 10.3 Å². The normalized spacial score (nSPS) is 11.8. The van der Waals surface area contributed by atoms with E-state index in [1.54, 1.807) is 24.3 Å². The number of aromatic nitrogens is 2. The minimum atomic E-state index is -4.60. The lowest BCUT2D eigenvalue weighted by atomic mass is 10.1. The molecule has 31 heavy (non-hydrogen) atoms. The first-order chi connectivity index (χ1) is 14.6. The molecule has 0 aliphatic carbocycles. The fraction of sp³-hybridized carbons (Fsp3) is 0.158. The van der Waals surface area contributed by atoms with Crippen molar-refractivity contribution in [3.63, 3.8) is 0 Å². The predicted molar refractivity (Wildman–Crippen MR) is 114 cm³/mol. The molecular weight excluding hydrogens is 446 g/mol. The van der Waals surface area contributed by atoms with Crippen LogP contribution in [0.3, 0.4) is 0 Å².